The van der Waals surface area contributed by atoms with Crippen LogP contribution < -0.4 is 9.47 Å². The highest BCUT2D eigenvalue weighted by molar-refractivity contribution is 5.69. The molecule has 1 heterocycles. The highest BCUT2D eigenvalue weighted by Gasteiger charge is 2.32. The summed E-state index contributed by atoms with van der Waals surface area (Å²) in [5.41, 5.74) is 3.18. The first-order valence-corrected chi connectivity index (χ1v) is 9.01. The molecule has 1 atom stereocenters. The molecular weight excluding hydrogens is 342 g/mol. The van der Waals surface area contributed by atoms with E-state index < -0.39 is 0 Å². The second-order valence-electron chi connectivity index (χ2n) is 6.43. The zero-order valence-electron chi connectivity index (χ0n) is 15.8. The number of rotatable bonds is 6. The summed E-state index contributed by atoms with van der Waals surface area (Å²) in [4.78, 5) is 14.5. The molecule has 0 saturated heterocycles. The molecule has 2 aromatic rings. The van der Waals surface area contributed by atoms with E-state index in [4.69, 9.17) is 14.2 Å². The molecule has 0 fully saturated rings. The second kappa shape index (κ2) is 8.62. The van der Waals surface area contributed by atoms with Crippen molar-refractivity contribution in [1.29, 1.82) is 0 Å². The Kier molecular flexibility index (Phi) is 6.01. The molecule has 142 valence electrons. The van der Waals surface area contributed by atoms with E-state index in [9.17, 15) is 4.79 Å². The van der Waals surface area contributed by atoms with Crippen molar-refractivity contribution in [3.05, 3.63) is 71.8 Å². The lowest BCUT2D eigenvalue weighted by atomic mass is 9.90. The summed E-state index contributed by atoms with van der Waals surface area (Å²) in [5, 5.41) is 0. The SMILES string of the molecule is C=CCC1c2cc(OC)c(OC)cc2CCN1C(=O)OCc1ccccc1. The molecular formula is C22H25NO4. The van der Waals surface area contributed by atoms with Gasteiger partial charge in [0, 0.05) is 6.54 Å². The number of ether oxygens (including phenoxy) is 3. The monoisotopic (exact) mass is 367 g/mol. The highest BCUT2D eigenvalue weighted by atomic mass is 16.6. The van der Waals surface area contributed by atoms with Crippen molar-refractivity contribution < 1.29 is 19.0 Å². The van der Waals surface area contributed by atoms with Gasteiger partial charge >= 0.3 is 6.09 Å². The van der Waals surface area contributed by atoms with Gasteiger partial charge in [-0.25, -0.2) is 4.79 Å². The van der Waals surface area contributed by atoms with Gasteiger partial charge in [0.1, 0.15) is 6.61 Å². The molecule has 1 aliphatic heterocycles. The highest BCUT2D eigenvalue weighted by Crippen LogP contribution is 2.39. The van der Waals surface area contributed by atoms with E-state index in [2.05, 4.69) is 6.58 Å². The van der Waals surface area contributed by atoms with Crippen molar-refractivity contribution in [3.63, 3.8) is 0 Å². The standard InChI is InChI=1S/C22H25NO4/c1-4-8-19-18-14-21(26-3)20(25-2)13-17(18)11-12-23(19)22(24)27-15-16-9-6-5-7-10-16/h4-7,9-10,13-14,19H,1,8,11-12,15H2,2-3H3. The molecule has 1 unspecified atom stereocenters. The number of hydrogen-bond acceptors (Lipinski definition) is 4. The van der Waals surface area contributed by atoms with Gasteiger partial charge in [0.15, 0.2) is 11.5 Å². The summed E-state index contributed by atoms with van der Waals surface area (Å²) in [6, 6.07) is 13.5. The molecule has 3 rings (SSSR count). The largest absolute Gasteiger partial charge is 0.493 e. The smallest absolute Gasteiger partial charge is 0.410 e. The minimum atomic E-state index is -0.314. The van der Waals surface area contributed by atoms with Crippen LogP contribution in [-0.2, 0) is 17.8 Å². The maximum atomic E-state index is 12.8. The lowest BCUT2D eigenvalue weighted by Crippen LogP contribution is -2.40. The summed E-state index contributed by atoms with van der Waals surface area (Å²) >= 11 is 0. The van der Waals surface area contributed by atoms with Gasteiger partial charge in [0.25, 0.3) is 0 Å². The van der Waals surface area contributed by atoms with Crippen LogP contribution >= 0.6 is 0 Å². The average Bonchev–Trinajstić information content (AvgIpc) is 2.72. The predicted molar refractivity (Wildman–Crippen MR) is 104 cm³/mol. The summed E-state index contributed by atoms with van der Waals surface area (Å²) in [6.07, 6.45) is 2.90. The third kappa shape index (κ3) is 4.08. The average molecular weight is 367 g/mol. The van der Waals surface area contributed by atoms with Crippen LogP contribution in [0.4, 0.5) is 4.79 Å². The normalized spacial score (nSPS) is 15.6. The Bertz CT molecular complexity index is 803. The summed E-state index contributed by atoms with van der Waals surface area (Å²) in [5.74, 6) is 1.36. The zero-order valence-corrected chi connectivity index (χ0v) is 15.8. The number of amides is 1. The minimum absolute atomic E-state index is 0.130. The van der Waals surface area contributed by atoms with Crippen LogP contribution in [0, 0.1) is 0 Å². The zero-order chi connectivity index (χ0) is 19.2. The van der Waals surface area contributed by atoms with Gasteiger partial charge in [0.05, 0.1) is 20.3 Å². The third-order valence-electron chi connectivity index (χ3n) is 4.83. The molecule has 0 N–H and O–H groups in total. The fourth-order valence-corrected chi connectivity index (χ4v) is 3.46. The molecule has 1 aliphatic rings. The van der Waals surface area contributed by atoms with E-state index in [1.165, 1.54) is 0 Å². The van der Waals surface area contributed by atoms with Crippen LogP contribution in [0.5, 0.6) is 11.5 Å². The van der Waals surface area contributed by atoms with Crippen LogP contribution in [0.3, 0.4) is 0 Å². The summed E-state index contributed by atoms with van der Waals surface area (Å²) in [6.45, 7) is 4.71. The predicted octanol–water partition coefficient (Wildman–Crippen LogP) is 4.52. The van der Waals surface area contributed by atoms with Crippen molar-refractivity contribution in [3.8, 4) is 11.5 Å². The van der Waals surface area contributed by atoms with E-state index in [1.807, 2.05) is 48.5 Å². The maximum Gasteiger partial charge on any atom is 0.410 e. The topological polar surface area (TPSA) is 48.0 Å². The fraction of sp³-hybridized carbons (Fsp3) is 0.318. The Hall–Kier alpha value is -2.95. The molecule has 2 aromatic carbocycles. The van der Waals surface area contributed by atoms with Gasteiger partial charge in [-0.2, -0.15) is 0 Å². The van der Waals surface area contributed by atoms with Gasteiger partial charge < -0.3 is 19.1 Å². The van der Waals surface area contributed by atoms with Crippen LogP contribution in [0.2, 0.25) is 0 Å². The van der Waals surface area contributed by atoms with E-state index >= 15 is 0 Å². The Morgan fingerprint density at radius 3 is 2.56 bits per heavy atom. The Balaban J connectivity index is 1.82. The van der Waals surface area contributed by atoms with Crippen LogP contribution in [-0.4, -0.2) is 31.8 Å². The molecule has 0 aromatic heterocycles. The first-order chi connectivity index (χ1) is 13.2. The molecule has 0 saturated carbocycles. The van der Waals surface area contributed by atoms with Gasteiger partial charge in [-0.3, -0.25) is 0 Å². The van der Waals surface area contributed by atoms with Crippen molar-refractivity contribution in [1.82, 2.24) is 4.90 Å². The number of hydrogen-bond donors (Lipinski definition) is 0. The molecule has 0 bridgehead atoms. The van der Waals surface area contributed by atoms with E-state index in [0.717, 1.165) is 23.1 Å². The van der Waals surface area contributed by atoms with Crippen molar-refractivity contribution in [2.75, 3.05) is 20.8 Å². The molecule has 5 nitrogen and oxygen atoms in total. The molecule has 0 aliphatic carbocycles. The molecule has 1 amide bonds. The van der Waals surface area contributed by atoms with Crippen molar-refractivity contribution in [2.24, 2.45) is 0 Å². The van der Waals surface area contributed by atoms with Gasteiger partial charge in [-0.15, -0.1) is 6.58 Å². The fourth-order valence-electron chi connectivity index (χ4n) is 3.46. The number of carbonyl (C=O) groups excluding carboxylic acids is 1. The second-order valence-corrected chi connectivity index (χ2v) is 6.43. The summed E-state index contributed by atoms with van der Waals surface area (Å²) < 4.78 is 16.4. The van der Waals surface area contributed by atoms with E-state index in [0.29, 0.717) is 24.5 Å². The van der Waals surface area contributed by atoms with Crippen LogP contribution in [0.1, 0.15) is 29.2 Å². The first kappa shape index (κ1) is 18.8. The molecule has 0 radical (unpaired) electrons. The van der Waals surface area contributed by atoms with E-state index in [1.54, 1.807) is 19.1 Å². The van der Waals surface area contributed by atoms with Crippen molar-refractivity contribution in [2.45, 2.75) is 25.5 Å². The number of nitrogens with zero attached hydrogens (tertiary/aromatic N) is 1. The van der Waals surface area contributed by atoms with Crippen LogP contribution in [0.15, 0.2) is 55.1 Å². The third-order valence-corrected chi connectivity index (χ3v) is 4.83. The Labute approximate surface area is 160 Å². The maximum absolute atomic E-state index is 12.8. The Morgan fingerprint density at radius 1 is 1.19 bits per heavy atom. The van der Waals surface area contributed by atoms with Gasteiger partial charge in [-0.05, 0) is 41.7 Å². The quantitative estimate of drug-likeness (QED) is 0.705. The number of fused-ring (bicyclic) bond motifs is 1. The number of benzene rings is 2. The van der Waals surface area contributed by atoms with E-state index in [-0.39, 0.29) is 18.7 Å². The molecule has 27 heavy (non-hydrogen) atoms. The van der Waals surface area contributed by atoms with Crippen molar-refractivity contribution >= 4 is 6.09 Å². The molecule has 5 heteroatoms. The number of carbonyl (C=O) groups is 1. The first-order valence-electron chi connectivity index (χ1n) is 9.01. The summed E-state index contributed by atoms with van der Waals surface area (Å²) in [7, 11) is 3.24. The van der Waals surface area contributed by atoms with Gasteiger partial charge in [0.2, 0.25) is 0 Å². The lowest BCUT2D eigenvalue weighted by Gasteiger charge is -2.36. The van der Waals surface area contributed by atoms with Gasteiger partial charge in [-0.1, -0.05) is 36.4 Å². The minimum Gasteiger partial charge on any atom is -0.493 e. The lowest BCUT2D eigenvalue weighted by molar-refractivity contribution is 0.0773. The Morgan fingerprint density at radius 2 is 1.89 bits per heavy atom. The molecule has 0 spiro atoms. The van der Waals surface area contributed by atoms with Crippen LogP contribution in [0.25, 0.3) is 0 Å². The number of methoxy groups -OCH3 is 2.